The molecule has 1 aromatic rings. The predicted molar refractivity (Wildman–Crippen MR) is 110 cm³/mol. The Morgan fingerprint density at radius 1 is 1.23 bits per heavy atom. The summed E-state index contributed by atoms with van der Waals surface area (Å²) in [5, 5.41) is 8.86. The third-order valence-electron chi connectivity index (χ3n) is 8.20. The fourth-order valence-corrected chi connectivity index (χ4v) is 5.79. The predicted octanol–water partition coefficient (Wildman–Crippen LogP) is 5.71. The fraction of sp³-hybridized carbons (Fsp3) is 0.652. The number of hydrazone groups is 1. The van der Waals surface area contributed by atoms with E-state index in [0.717, 1.165) is 18.4 Å². The summed E-state index contributed by atoms with van der Waals surface area (Å²) in [6.45, 7) is 7.09. The molecule has 1 heterocycles. The Morgan fingerprint density at radius 3 is 2.50 bits per heavy atom. The van der Waals surface area contributed by atoms with Crippen molar-refractivity contribution in [2.75, 3.05) is 6.54 Å². The topological polar surface area (TPSA) is 44.7 Å². The van der Waals surface area contributed by atoms with Crippen LogP contribution in [0.3, 0.4) is 0 Å². The van der Waals surface area contributed by atoms with Gasteiger partial charge in [-0.25, -0.2) is 9.80 Å². The quantitative estimate of drug-likeness (QED) is 0.665. The minimum Gasteiger partial charge on any atom is -0.333 e. The first-order chi connectivity index (χ1) is 14.0. The van der Waals surface area contributed by atoms with Gasteiger partial charge in [-0.1, -0.05) is 51.1 Å². The average Bonchev–Trinajstić information content (AvgIpc) is 3.26. The van der Waals surface area contributed by atoms with Crippen LogP contribution in [0.4, 0.5) is 18.0 Å². The molecule has 1 N–H and O–H groups in total. The van der Waals surface area contributed by atoms with E-state index in [1.165, 1.54) is 11.4 Å². The maximum Gasteiger partial charge on any atom is 0.389 e. The molecule has 2 amide bonds. The molecule has 0 saturated heterocycles. The lowest BCUT2D eigenvalue weighted by Crippen LogP contribution is -2.50. The lowest BCUT2D eigenvalue weighted by molar-refractivity contribution is -0.132. The summed E-state index contributed by atoms with van der Waals surface area (Å²) in [7, 11) is 0. The molecule has 3 unspecified atom stereocenters. The summed E-state index contributed by atoms with van der Waals surface area (Å²) in [6.07, 6.45) is -2.14. The first kappa shape index (κ1) is 21.2. The van der Waals surface area contributed by atoms with Crippen LogP contribution in [0.1, 0.15) is 64.4 Å². The Labute approximate surface area is 175 Å². The van der Waals surface area contributed by atoms with E-state index >= 15 is 0 Å². The number of nitrogens with one attached hydrogen (secondary N) is 1. The second-order valence-electron chi connectivity index (χ2n) is 9.86. The van der Waals surface area contributed by atoms with Crippen molar-refractivity contribution in [3.8, 4) is 0 Å². The fourth-order valence-electron chi connectivity index (χ4n) is 5.79. The number of carbonyl (C=O) groups is 1. The van der Waals surface area contributed by atoms with Crippen molar-refractivity contribution in [3.63, 3.8) is 0 Å². The molecule has 4 rings (SSSR count). The number of carbonyl (C=O) groups excluding carboxylic acids is 1. The summed E-state index contributed by atoms with van der Waals surface area (Å²) >= 11 is 0. The van der Waals surface area contributed by atoms with Gasteiger partial charge in [0.05, 0.1) is 6.54 Å². The van der Waals surface area contributed by atoms with Crippen LogP contribution in [0.2, 0.25) is 0 Å². The number of urea groups is 1. The van der Waals surface area contributed by atoms with Crippen molar-refractivity contribution in [1.82, 2.24) is 10.3 Å². The summed E-state index contributed by atoms with van der Waals surface area (Å²) in [5.41, 5.74) is 1.52. The van der Waals surface area contributed by atoms with Crippen LogP contribution in [0, 0.1) is 16.7 Å². The van der Waals surface area contributed by atoms with Gasteiger partial charge in [-0.05, 0) is 48.0 Å². The van der Waals surface area contributed by atoms with E-state index in [0.29, 0.717) is 11.6 Å². The molecule has 4 atom stereocenters. The zero-order chi connectivity index (χ0) is 21.7. The highest BCUT2D eigenvalue weighted by Gasteiger charge is 2.61. The molecule has 2 fully saturated rings. The standard InChI is InChI=1S/C23H30F3N3O/c1-21(2)16-9-11-22(21,3)19(13-16)27-20(30)29-14-17(15-7-5-4-6-8-15)18(28-29)10-12-23(24,25)26/h4-8,16-17,19H,9-14H2,1-3H3,(H,27,30)/t16?,17?,19-,22?/m0/s1. The highest BCUT2D eigenvalue weighted by atomic mass is 19.4. The van der Waals surface area contributed by atoms with E-state index in [-0.39, 0.29) is 41.8 Å². The minimum atomic E-state index is -4.25. The average molecular weight is 422 g/mol. The normalized spacial score (nSPS) is 32.4. The van der Waals surface area contributed by atoms with Crippen LogP contribution in [-0.4, -0.2) is 35.5 Å². The molecular formula is C23H30F3N3O. The Balaban J connectivity index is 1.49. The molecule has 1 aliphatic heterocycles. The largest absolute Gasteiger partial charge is 0.389 e. The van der Waals surface area contributed by atoms with Crippen LogP contribution in [0.5, 0.6) is 0 Å². The van der Waals surface area contributed by atoms with E-state index in [9.17, 15) is 18.0 Å². The summed E-state index contributed by atoms with van der Waals surface area (Å²) in [5.74, 6) is 0.292. The third kappa shape index (κ3) is 3.60. The van der Waals surface area contributed by atoms with E-state index in [4.69, 9.17) is 0 Å². The number of hydrogen-bond donors (Lipinski definition) is 1. The van der Waals surface area contributed by atoms with Crippen molar-refractivity contribution in [1.29, 1.82) is 0 Å². The summed E-state index contributed by atoms with van der Waals surface area (Å²) in [4.78, 5) is 13.0. The Hall–Kier alpha value is -2.05. The Kier molecular flexibility index (Phi) is 5.14. The first-order valence-corrected chi connectivity index (χ1v) is 10.8. The van der Waals surface area contributed by atoms with Crippen molar-refractivity contribution in [3.05, 3.63) is 35.9 Å². The number of nitrogens with zero attached hydrogens (tertiary/aromatic N) is 2. The zero-order valence-electron chi connectivity index (χ0n) is 17.8. The maximum atomic E-state index is 13.0. The van der Waals surface area contributed by atoms with Crippen molar-refractivity contribution in [2.24, 2.45) is 21.8 Å². The summed E-state index contributed by atoms with van der Waals surface area (Å²) < 4.78 is 38.5. The number of rotatable bonds is 4. The molecular weight excluding hydrogens is 391 g/mol. The number of alkyl halides is 3. The molecule has 164 valence electrons. The van der Waals surface area contributed by atoms with E-state index in [1.807, 2.05) is 30.3 Å². The molecule has 2 aliphatic carbocycles. The van der Waals surface area contributed by atoms with Gasteiger partial charge in [-0.2, -0.15) is 18.3 Å². The van der Waals surface area contributed by atoms with Crippen LogP contribution in [-0.2, 0) is 0 Å². The molecule has 1 aromatic carbocycles. The zero-order valence-corrected chi connectivity index (χ0v) is 17.8. The first-order valence-electron chi connectivity index (χ1n) is 10.8. The van der Waals surface area contributed by atoms with Gasteiger partial charge >= 0.3 is 12.2 Å². The van der Waals surface area contributed by atoms with E-state index in [2.05, 4.69) is 31.2 Å². The smallest absolute Gasteiger partial charge is 0.333 e. The second kappa shape index (κ2) is 7.27. The van der Waals surface area contributed by atoms with Gasteiger partial charge in [0.1, 0.15) is 0 Å². The van der Waals surface area contributed by atoms with Crippen LogP contribution in [0.25, 0.3) is 0 Å². The van der Waals surface area contributed by atoms with E-state index < -0.39 is 12.6 Å². The number of halogens is 3. The van der Waals surface area contributed by atoms with Gasteiger partial charge in [0.2, 0.25) is 0 Å². The van der Waals surface area contributed by atoms with Crippen LogP contribution >= 0.6 is 0 Å². The van der Waals surface area contributed by atoms with Crippen LogP contribution in [0.15, 0.2) is 35.4 Å². The van der Waals surface area contributed by atoms with Gasteiger partial charge in [0, 0.05) is 24.1 Å². The maximum absolute atomic E-state index is 13.0. The van der Waals surface area contributed by atoms with Crippen molar-refractivity contribution in [2.45, 2.75) is 71.0 Å². The SMILES string of the molecule is CC1(C)C2CCC1(C)[C@@H](NC(=O)N1CC(c3ccccc3)C(CCC(F)(F)F)=N1)C2. The number of benzene rings is 1. The minimum absolute atomic E-state index is 0.0364. The molecule has 0 radical (unpaired) electrons. The Morgan fingerprint density at radius 2 is 1.93 bits per heavy atom. The molecule has 2 saturated carbocycles. The van der Waals surface area contributed by atoms with Gasteiger partial charge in [-0.3, -0.25) is 0 Å². The Bertz CT molecular complexity index is 836. The monoisotopic (exact) mass is 421 g/mol. The highest BCUT2D eigenvalue weighted by molar-refractivity contribution is 5.94. The molecule has 0 spiro atoms. The summed E-state index contributed by atoms with van der Waals surface area (Å²) in [6, 6.07) is 9.13. The molecule has 30 heavy (non-hydrogen) atoms. The van der Waals surface area contributed by atoms with Crippen LogP contribution < -0.4 is 5.32 Å². The van der Waals surface area contributed by atoms with Crippen molar-refractivity contribution >= 4 is 11.7 Å². The molecule has 3 aliphatic rings. The van der Waals surface area contributed by atoms with Crippen molar-refractivity contribution < 1.29 is 18.0 Å². The second-order valence-corrected chi connectivity index (χ2v) is 9.86. The highest BCUT2D eigenvalue weighted by Crippen LogP contribution is 2.65. The van der Waals surface area contributed by atoms with Gasteiger partial charge in [0.15, 0.2) is 0 Å². The van der Waals surface area contributed by atoms with Gasteiger partial charge < -0.3 is 5.32 Å². The molecule has 0 aromatic heterocycles. The molecule has 2 bridgehead atoms. The lowest BCUT2D eigenvalue weighted by atomic mass is 9.69. The lowest BCUT2D eigenvalue weighted by Gasteiger charge is -2.39. The van der Waals surface area contributed by atoms with E-state index in [1.54, 1.807) is 0 Å². The number of amides is 2. The van der Waals surface area contributed by atoms with Gasteiger partial charge in [0.25, 0.3) is 0 Å². The number of hydrogen-bond acceptors (Lipinski definition) is 2. The molecule has 7 heteroatoms. The molecule has 4 nitrogen and oxygen atoms in total. The van der Waals surface area contributed by atoms with Gasteiger partial charge in [-0.15, -0.1) is 0 Å². The number of fused-ring (bicyclic) bond motifs is 2. The third-order valence-corrected chi connectivity index (χ3v) is 8.20.